The van der Waals surface area contributed by atoms with Crippen LogP contribution < -0.4 is 21.7 Å². The molecular formula is C28H29FN4O3. The summed E-state index contributed by atoms with van der Waals surface area (Å²) < 4.78 is 19.8. The SMILES string of the molecule is Nc1ccccc1NC(=O)c1ccc(NC(=O)OCc2ccc([C@@H]3C[C@H]3NCC3CC3)cc2)c(F)c1. The Hall–Kier alpha value is -3.91. The first-order valence-corrected chi connectivity index (χ1v) is 12.2. The Morgan fingerprint density at radius 3 is 2.47 bits per heavy atom. The summed E-state index contributed by atoms with van der Waals surface area (Å²) in [7, 11) is 0. The predicted octanol–water partition coefficient (Wildman–Crippen LogP) is 5.26. The standard InChI is InChI=1S/C28H29FN4O3/c29-22-13-20(27(34)32-25-4-2-1-3-23(25)30)11-12-24(22)33-28(35)36-16-18-7-9-19(10-8-18)21-14-26(21)31-15-17-5-6-17/h1-4,7-13,17,21,26,31H,5-6,14-16,30H2,(H,32,34)(H,33,35)/t21-,26+/m0/s1. The third kappa shape index (κ3) is 6.01. The molecule has 3 aromatic rings. The average Bonchev–Trinajstić information content (AvgIpc) is 3.80. The van der Waals surface area contributed by atoms with Crippen LogP contribution in [-0.4, -0.2) is 24.6 Å². The van der Waals surface area contributed by atoms with Crippen molar-refractivity contribution in [3.8, 4) is 0 Å². The van der Waals surface area contributed by atoms with Gasteiger partial charge in [0.25, 0.3) is 5.91 Å². The average molecular weight is 489 g/mol. The molecule has 0 bridgehead atoms. The first kappa shape index (κ1) is 23.8. The molecule has 0 saturated heterocycles. The molecule has 0 aromatic heterocycles. The van der Waals surface area contributed by atoms with Crippen molar-refractivity contribution in [1.82, 2.24) is 5.32 Å². The minimum absolute atomic E-state index is 0.0702. The maximum atomic E-state index is 14.5. The van der Waals surface area contributed by atoms with E-state index in [-0.39, 0.29) is 17.9 Å². The maximum absolute atomic E-state index is 14.5. The molecule has 0 unspecified atom stereocenters. The van der Waals surface area contributed by atoms with Crippen molar-refractivity contribution in [3.63, 3.8) is 0 Å². The van der Waals surface area contributed by atoms with Crippen LogP contribution in [-0.2, 0) is 11.3 Å². The molecule has 3 aromatic carbocycles. The Labute approximate surface area is 209 Å². The topological polar surface area (TPSA) is 105 Å². The van der Waals surface area contributed by atoms with Crippen LogP contribution in [0.25, 0.3) is 0 Å². The van der Waals surface area contributed by atoms with Crippen LogP contribution in [0.1, 0.15) is 46.7 Å². The highest BCUT2D eigenvalue weighted by Crippen LogP contribution is 2.41. The highest BCUT2D eigenvalue weighted by molar-refractivity contribution is 6.06. The van der Waals surface area contributed by atoms with Crippen LogP contribution in [0.3, 0.4) is 0 Å². The minimum atomic E-state index is -0.779. The Morgan fingerprint density at radius 1 is 0.972 bits per heavy atom. The zero-order valence-corrected chi connectivity index (χ0v) is 19.8. The molecular weight excluding hydrogens is 459 g/mol. The number of nitrogens with two attached hydrogens (primary N) is 1. The molecule has 2 aliphatic carbocycles. The van der Waals surface area contributed by atoms with Gasteiger partial charge in [-0.15, -0.1) is 0 Å². The van der Waals surface area contributed by atoms with E-state index in [4.69, 9.17) is 10.5 Å². The van der Waals surface area contributed by atoms with E-state index in [2.05, 4.69) is 28.1 Å². The van der Waals surface area contributed by atoms with E-state index in [9.17, 15) is 14.0 Å². The molecule has 5 rings (SSSR count). The van der Waals surface area contributed by atoms with Crippen molar-refractivity contribution in [1.29, 1.82) is 0 Å². The van der Waals surface area contributed by atoms with E-state index in [0.29, 0.717) is 23.3 Å². The summed E-state index contributed by atoms with van der Waals surface area (Å²) in [5.74, 6) is 0.169. The van der Waals surface area contributed by atoms with Gasteiger partial charge in [0.05, 0.1) is 17.1 Å². The van der Waals surface area contributed by atoms with E-state index in [1.54, 1.807) is 24.3 Å². The Balaban J connectivity index is 1.09. The molecule has 0 spiro atoms. The normalized spacial score (nSPS) is 18.4. The summed E-state index contributed by atoms with van der Waals surface area (Å²) in [4.78, 5) is 24.6. The molecule has 2 atom stereocenters. The van der Waals surface area contributed by atoms with E-state index in [1.165, 1.54) is 30.5 Å². The zero-order valence-electron chi connectivity index (χ0n) is 19.8. The summed E-state index contributed by atoms with van der Waals surface area (Å²) in [5, 5.41) is 8.66. The van der Waals surface area contributed by atoms with Crippen LogP contribution in [0.4, 0.5) is 26.2 Å². The fraction of sp³-hybridized carbons (Fsp3) is 0.286. The van der Waals surface area contributed by atoms with Gasteiger partial charge in [0.2, 0.25) is 0 Å². The van der Waals surface area contributed by atoms with Crippen molar-refractivity contribution in [2.45, 2.75) is 37.8 Å². The molecule has 0 heterocycles. The quantitative estimate of drug-likeness (QED) is 0.307. The third-order valence-corrected chi connectivity index (χ3v) is 6.61. The number of anilines is 3. The number of carbonyl (C=O) groups excluding carboxylic acids is 2. The van der Waals surface area contributed by atoms with E-state index < -0.39 is 17.8 Å². The lowest BCUT2D eigenvalue weighted by molar-refractivity contribution is 0.102. The highest BCUT2D eigenvalue weighted by atomic mass is 19.1. The number of hydrogen-bond donors (Lipinski definition) is 4. The van der Waals surface area contributed by atoms with Crippen molar-refractivity contribution >= 4 is 29.1 Å². The van der Waals surface area contributed by atoms with Crippen molar-refractivity contribution in [3.05, 3.63) is 89.2 Å². The molecule has 36 heavy (non-hydrogen) atoms. The summed E-state index contributed by atoms with van der Waals surface area (Å²) in [6.45, 7) is 1.20. The molecule has 2 fully saturated rings. The molecule has 2 amide bonds. The molecule has 7 nitrogen and oxygen atoms in total. The number of carbonyl (C=O) groups is 2. The smallest absolute Gasteiger partial charge is 0.412 e. The lowest BCUT2D eigenvalue weighted by Crippen LogP contribution is -2.20. The number of halogens is 1. The van der Waals surface area contributed by atoms with Crippen LogP contribution in [0.2, 0.25) is 0 Å². The largest absolute Gasteiger partial charge is 0.444 e. The number of hydrogen-bond acceptors (Lipinski definition) is 5. The summed E-state index contributed by atoms with van der Waals surface area (Å²) in [6, 6.07) is 19.2. The van der Waals surface area contributed by atoms with Crippen molar-refractivity contribution in [2.24, 2.45) is 5.92 Å². The molecule has 5 N–H and O–H groups in total. The lowest BCUT2D eigenvalue weighted by atomic mass is 10.1. The fourth-order valence-corrected chi connectivity index (χ4v) is 4.15. The summed E-state index contributed by atoms with van der Waals surface area (Å²) in [5.41, 5.74) is 8.82. The van der Waals surface area contributed by atoms with Gasteiger partial charge in [-0.3, -0.25) is 10.1 Å². The number of rotatable bonds is 9. The Morgan fingerprint density at radius 2 is 1.75 bits per heavy atom. The van der Waals surface area contributed by atoms with Gasteiger partial charge in [-0.05, 0) is 73.2 Å². The van der Waals surface area contributed by atoms with Crippen LogP contribution in [0.15, 0.2) is 66.7 Å². The first-order valence-electron chi connectivity index (χ1n) is 12.2. The number of amides is 2. The molecule has 8 heteroatoms. The van der Waals surface area contributed by atoms with E-state index in [1.807, 2.05) is 12.1 Å². The number of benzene rings is 3. The first-order chi connectivity index (χ1) is 17.5. The van der Waals surface area contributed by atoms with E-state index in [0.717, 1.165) is 30.5 Å². The molecule has 2 aliphatic rings. The van der Waals surface area contributed by atoms with Gasteiger partial charge in [-0.2, -0.15) is 0 Å². The molecule has 186 valence electrons. The number of nitrogens with one attached hydrogen (secondary N) is 3. The molecule has 0 radical (unpaired) electrons. The Bertz CT molecular complexity index is 1260. The monoisotopic (exact) mass is 488 g/mol. The minimum Gasteiger partial charge on any atom is -0.444 e. The molecule has 2 saturated carbocycles. The summed E-state index contributed by atoms with van der Waals surface area (Å²) >= 11 is 0. The van der Waals surface area contributed by atoms with Crippen LogP contribution >= 0.6 is 0 Å². The predicted molar refractivity (Wildman–Crippen MR) is 137 cm³/mol. The lowest BCUT2D eigenvalue weighted by Gasteiger charge is -2.11. The van der Waals surface area contributed by atoms with Crippen molar-refractivity contribution in [2.75, 3.05) is 22.9 Å². The maximum Gasteiger partial charge on any atom is 0.412 e. The van der Waals surface area contributed by atoms with Gasteiger partial charge in [0.1, 0.15) is 12.4 Å². The van der Waals surface area contributed by atoms with Crippen LogP contribution in [0.5, 0.6) is 0 Å². The number of para-hydroxylation sites is 2. The van der Waals surface area contributed by atoms with Gasteiger partial charge >= 0.3 is 6.09 Å². The fourth-order valence-electron chi connectivity index (χ4n) is 4.15. The third-order valence-electron chi connectivity index (χ3n) is 6.61. The van der Waals surface area contributed by atoms with Gasteiger partial charge in [-0.25, -0.2) is 9.18 Å². The second kappa shape index (κ2) is 10.4. The van der Waals surface area contributed by atoms with Gasteiger partial charge in [-0.1, -0.05) is 36.4 Å². The second-order valence-electron chi connectivity index (χ2n) is 9.48. The van der Waals surface area contributed by atoms with Crippen molar-refractivity contribution < 1.29 is 18.7 Å². The number of nitrogen functional groups attached to an aromatic ring is 1. The number of ether oxygens (including phenoxy) is 1. The van der Waals surface area contributed by atoms with E-state index >= 15 is 0 Å². The highest BCUT2D eigenvalue weighted by Gasteiger charge is 2.38. The zero-order chi connectivity index (χ0) is 25.1. The Kier molecular flexibility index (Phi) is 6.86. The summed E-state index contributed by atoms with van der Waals surface area (Å²) in [6.07, 6.45) is 3.09. The van der Waals surface area contributed by atoms with Gasteiger partial charge < -0.3 is 21.1 Å². The van der Waals surface area contributed by atoms with Gasteiger partial charge in [0, 0.05) is 17.5 Å². The van der Waals surface area contributed by atoms with Crippen LogP contribution in [0, 0.1) is 11.7 Å². The second-order valence-corrected chi connectivity index (χ2v) is 9.48. The van der Waals surface area contributed by atoms with Gasteiger partial charge in [0.15, 0.2) is 0 Å². The molecule has 0 aliphatic heterocycles.